The number of likely N-dealkylation sites (tertiary alicyclic amines) is 1. The smallest absolute Gasteiger partial charge is 0.0252 e. The summed E-state index contributed by atoms with van der Waals surface area (Å²) in [4.78, 5) is 2.29. The van der Waals surface area contributed by atoms with Crippen molar-refractivity contribution in [1.82, 2.24) is 4.90 Å². The van der Waals surface area contributed by atoms with Crippen LogP contribution in [0.25, 0.3) is 0 Å². The molecule has 0 aliphatic carbocycles. The van der Waals surface area contributed by atoms with E-state index in [1.165, 1.54) is 19.4 Å². The fourth-order valence-corrected chi connectivity index (χ4v) is 1.03. The lowest BCUT2D eigenvalue weighted by Gasteiger charge is -2.10. The quantitative estimate of drug-likeness (QED) is 0.554. The molecule has 1 saturated heterocycles. The monoisotopic (exact) mass is 113 g/mol. The average Bonchev–Trinajstić information content (AvgIpc) is 2.19. The molecule has 1 rings (SSSR count). The van der Waals surface area contributed by atoms with Crippen LogP contribution < -0.4 is 5.73 Å². The Balaban J connectivity index is 2.06. The van der Waals surface area contributed by atoms with E-state index in [0.717, 1.165) is 13.1 Å². The van der Waals surface area contributed by atoms with E-state index in [4.69, 9.17) is 5.73 Å². The summed E-state index contributed by atoms with van der Waals surface area (Å²) in [6.07, 6.45) is 2.57. The first-order valence-corrected chi connectivity index (χ1v) is 3.21. The number of hydrogen-bond donors (Lipinski definition) is 1. The Bertz CT molecular complexity index is 57.5. The summed E-state index contributed by atoms with van der Waals surface area (Å²) in [7, 11) is 0. The molecule has 2 N–H and O–H groups in total. The third-order valence-electron chi connectivity index (χ3n) is 1.45. The summed E-state index contributed by atoms with van der Waals surface area (Å²) < 4.78 is 0. The maximum Gasteiger partial charge on any atom is 0.0252 e. The van der Waals surface area contributed by atoms with Crippen LogP contribution in [0.2, 0.25) is 0 Å². The van der Waals surface area contributed by atoms with Crippen LogP contribution in [-0.2, 0) is 0 Å². The van der Waals surface area contributed by atoms with Gasteiger partial charge in [0.25, 0.3) is 0 Å². The van der Waals surface area contributed by atoms with Gasteiger partial charge in [-0.05, 0) is 19.4 Å². The first kappa shape index (κ1) is 6.05. The van der Waals surface area contributed by atoms with Gasteiger partial charge in [0.15, 0.2) is 0 Å². The van der Waals surface area contributed by atoms with E-state index in [0.29, 0.717) is 0 Å². The molecule has 1 aliphatic heterocycles. The molecule has 0 saturated carbocycles. The molecule has 1 heterocycles. The van der Waals surface area contributed by atoms with Gasteiger partial charge in [-0.2, -0.15) is 0 Å². The molecule has 0 aromatic heterocycles. The number of nitrogens with two attached hydrogens (primary N) is 1. The summed E-state index contributed by atoms with van der Waals surface area (Å²) in [6.45, 7) is 5.29. The van der Waals surface area contributed by atoms with Crippen LogP contribution in [-0.4, -0.2) is 24.5 Å². The first-order valence-electron chi connectivity index (χ1n) is 3.21. The van der Waals surface area contributed by atoms with Crippen LogP contribution >= 0.6 is 0 Å². The number of nitrogens with zero attached hydrogens (tertiary/aromatic N) is 1. The Hall–Kier alpha value is -0.0800. The molecule has 8 heavy (non-hydrogen) atoms. The van der Waals surface area contributed by atoms with E-state index in [1.807, 2.05) is 0 Å². The standard InChI is InChI=1S/C6H13N2/c7-3-6-8-4-1-2-5-8/h4H,1-3,5-7H2. The zero-order valence-corrected chi connectivity index (χ0v) is 5.14. The zero-order chi connectivity index (χ0) is 5.82. The van der Waals surface area contributed by atoms with Gasteiger partial charge >= 0.3 is 0 Å². The Morgan fingerprint density at radius 1 is 1.62 bits per heavy atom. The molecular weight excluding hydrogens is 100 g/mol. The summed E-state index contributed by atoms with van der Waals surface area (Å²) in [5, 5.41) is 0. The molecule has 0 aromatic rings. The summed E-state index contributed by atoms with van der Waals surface area (Å²) in [6, 6.07) is 0. The highest BCUT2D eigenvalue weighted by Crippen LogP contribution is 2.09. The van der Waals surface area contributed by atoms with Gasteiger partial charge in [0.2, 0.25) is 0 Å². The van der Waals surface area contributed by atoms with Crippen molar-refractivity contribution in [3.05, 3.63) is 6.54 Å². The fourth-order valence-electron chi connectivity index (χ4n) is 1.03. The van der Waals surface area contributed by atoms with Crippen molar-refractivity contribution >= 4 is 0 Å². The van der Waals surface area contributed by atoms with E-state index in [2.05, 4.69) is 11.4 Å². The molecule has 2 nitrogen and oxygen atoms in total. The third kappa shape index (κ3) is 1.46. The van der Waals surface area contributed by atoms with Crippen LogP contribution in [0.1, 0.15) is 12.8 Å². The molecule has 0 unspecified atom stereocenters. The number of rotatable bonds is 2. The molecule has 0 spiro atoms. The summed E-state index contributed by atoms with van der Waals surface area (Å²) in [5.74, 6) is 0. The SMILES string of the molecule is NCCN1[CH]CCC1. The number of hydrogen-bond acceptors (Lipinski definition) is 2. The lowest BCUT2D eigenvalue weighted by molar-refractivity contribution is 0.396. The largest absolute Gasteiger partial charge is 0.329 e. The topological polar surface area (TPSA) is 29.3 Å². The van der Waals surface area contributed by atoms with Crippen molar-refractivity contribution in [3.63, 3.8) is 0 Å². The van der Waals surface area contributed by atoms with Crippen molar-refractivity contribution in [3.8, 4) is 0 Å². The van der Waals surface area contributed by atoms with Crippen LogP contribution in [0.4, 0.5) is 0 Å². The van der Waals surface area contributed by atoms with Crippen molar-refractivity contribution in [2.75, 3.05) is 19.6 Å². The van der Waals surface area contributed by atoms with Crippen molar-refractivity contribution < 1.29 is 0 Å². The Labute approximate surface area is 50.7 Å². The lowest BCUT2D eigenvalue weighted by Crippen LogP contribution is -2.23. The average molecular weight is 113 g/mol. The zero-order valence-electron chi connectivity index (χ0n) is 5.14. The van der Waals surface area contributed by atoms with Gasteiger partial charge in [0.1, 0.15) is 0 Å². The fraction of sp³-hybridized carbons (Fsp3) is 0.833. The Morgan fingerprint density at radius 2 is 2.50 bits per heavy atom. The summed E-state index contributed by atoms with van der Waals surface area (Å²) >= 11 is 0. The molecule has 0 atom stereocenters. The molecule has 1 fully saturated rings. The van der Waals surface area contributed by atoms with Gasteiger partial charge in [0, 0.05) is 19.6 Å². The highest BCUT2D eigenvalue weighted by atomic mass is 15.1. The van der Waals surface area contributed by atoms with E-state index in [9.17, 15) is 0 Å². The van der Waals surface area contributed by atoms with E-state index in [1.54, 1.807) is 0 Å². The molecule has 0 aromatic carbocycles. The van der Waals surface area contributed by atoms with Crippen LogP contribution in [0.3, 0.4) is 0 Å². The third-order valence-corrected chi connectivity index (χ3v) is 1.45. The second-order valence-corrected chi connectivity index (χ2v) is 2.15. The molecule has 0 amide bonds. The van der Waals surface area contributed by atoms with E-state index < -0.39 is 0 Å². The summed E-state index contributed by atoms with van der Waals surface area (Å²) in [5.41, 5.74) is 5.35. The van der Waals surface area contributed by atoms with Crippen LogP contribution in [0, 0.1) is 6.54 Å². The lowest BCUT2D eigenvalue weighted by atomic mass is 10.4. The highest BCUT2D eigenvalue weighted by Gasteiger charge is 2.09. The molecule has 1 aliphatic rings. The maximum absolute atomic E-state index is 5.35. The van der Waals surface area contributed by atoms with Gasteiger partial charge in [-0.15, -0.1) is 0 Å². The predicted octanol–water partition coefficient (Wildman–Crippen LogP) is 0.203. The maximum atomic E-state index is 5.35. The van der Waals surface area contributed by atoms with Crippen molar-refractivity contribution in [2.24, 2.45) is 5.73 Å². The normalized spacial score (nSPS) is 22.1. The Kier molecular flexibility index (Phi) is 2.30. The van der Waals surface area contributed by atoms with Crippen molar-refractivity contribution in [1.29, 1.82) is 0 Å². The molecule has 2 heteroatoms. The van der Waals surface area contributed by atoms with Gasteiger partial charge in [-0.25, -0.2) is 0 Å². The molecule has 1 radical (unpaired) electrons. The predicted molar refractivity (Wildman–Crippen MR) is 34.2 cm³/mol. The van der Waals surface area contributed by atoms with Crippen molar-refractivity contribution in [2.45, 2.75) is 12.8 Å². The second kappa shape index (κ2) is 3.05. The van der Waals surface area contributed by atoms with Gasteiger partial charge in [-0.3, -0.25) is 4.90 Å². The minimum atomic E-state index is 0.788. The molecular formula is C6H13N2. The van der Waals surface area contributed by atoms with Crippen LogP contribution in [0.5, 0.6) is 0 Å². The minimum Gasteiger partial charge on any atom is -0.329 e. The Morgan fingerprint density at radius 3 is 3.00 bits per heavy atom. The first-order chi connectivity index (χ1) is 3.93. The molecule has 47 valence electrons. The van der Waals surface area contributed by atoms with Crippen LogP contribution in [0.15, 0.2) is 0 Å². The van der Waals surface area contributed by atoms with E-state index in [-0.39, 0.29) is 0 Å². The van der Waals surface area contributed by atoms with Gasteiger partial charge in [-0.1, -0.05) is 0 Å². The highest BCUT2D eigenvalue weighted by molar-refractivity contribution is 4.76. The van der Waals surface area contributed by atoms with Gasteiger partial charge < -0.3 is 5.73 Å². The minimum absolute atomic E-state index is 0.788. The second-order valence-electron chi connectivity index (χ2n) is 2.15. The van der Waals surface area contributed by atoms with Gasteiger partial charge in [0.05, 0.1) is 0 Å². The molecule has 0 bridgehead atoms. The van der Waals surface area contributed by atoms with E-state index >= 15 is 0 Å².